The van der Waals surface area contributed by atoms with E-state index in [1.807, 2.05) is 19.1 Å². The average Bonchev–Trinajstić information content (AvgIpc) is 3.05. The number of nitrogens with two attached hydrogens (primary N) is 1. The fourth-order valence-electron chi connectivity index (χ4n) is 6.24. The van der Waals surface area contributed by atoms with E-state index in [1.165, 1.54) is 18.3 Å². The van der Waals surface area contributed by atoms with Gasteiger partial charge in [-0.15, -0.1) is 0 Å². The molecule has 0 spiro atoms. The first kappa shape index (κ1) is 34.1. The average molecular weight is 654 g/mol. The van der Waals surface area contributed by atoms with Crippen molar-refractivity contribution in [3.63, 3.8) is 0 Å². The summed E-state index contributed by atoms with van der Waals surface area (Å²) in [6.07, 6.45) is 4.41. The zero-order valence-corrected chi connectivity index (χ0v) is 26.5. The zero-order chi connectivity index (χ0) is 33.6. The molecule has 0 saturated heterocycles. The highest BCUT2D eigenvalue weighted by Crippen LogP contribution is 2.41. The molecule has 3 heterocycles. The van der Waals surface area contributed by atoms with Crippen LogP contribution in [-0.4, -0.2) is 51.1 Å². The molecule has 0 unspecified atom stereocenters. The summed E-state index contributed by atoms with van der Waals surface area (Å²) in [5.74, 6) is -0.237. The summed E-state index contributed by atoms with van der Waals surface area (Å²) in [6.45, 7) is 3.12. The molecule has 2 fully saturated rings. The minimum absolute atomic E-state index is 0.135. The van der Waals surface area contributed by atoms with E-state index in [-0.39, 0.29) is 35.4 Å². The molecule has 0 bridgehead atoms. The lowest BCUT2D eigenvalue weighted by Gasteiger charge is -2.37. The first-order valence-electron chi connectivity index (χ1n) is 15.9. The molecule has 2 aliphatic carbocycles. The number of nitrogens with one attached hydrogen (secondary N) is 1. The van der Waals surface area contributed by atoms with Gasteiger partial charge in [0.25, 0.3) is 6.43 Å². The number of pyridine rings is 3. The zero-order valence-electron chi connectivity index (χ0n) is 26.5. The maximum absolute atomic E-state index is 13.1. The molecule has 1 atom stereocenters. The molecule has 3 aromatic heterocycles. The Hall–Kier alpha value is -4.23. The van der Waals surface area contributed by atoms with E-state index in [0.717, 1.165) is 18.4 Å². The van der Waals surface area contributed by atoms with Crippen LogP contribution in [0.4, 0.5) is 25.2 Å². The number of aliphatic hydroxyl groups is 1. The number of ether oxygens (including phenoxy) is 3. The SMILES string of the molecule is Cc1cc(Nc2cc(C(F)F)ccn2)nc(-c2ccc([C@](C)(O)C3CCC(C(=O)OCOC(=O)OC4CCC(N)CC4)CC3)nc2)c1. The van der Waals surface area contributed by atoms with Crippen LogP contribution < -0.4 is 11.1 Å². The quantitative estimate of drug-likeness (QED) is 0.163. The van der Waals surface area contributed by atoms with Crippen molar-refractivity contribution in [2.45, 2.75) is 89.4 Å². The highest BCUT2D eigenvalue weighted by Gasteiger charge is 2.39. The number of carbonyl (C=O) groups is 2. The van der Waals surface area contributed by atoms with Crippen molar-refractivity contribution in [3.8, 4) is 11.3 Å². The van der Waals surface area contributed by atoms with E-state index in [2.05, 4.69) is 20.3 Å². The predicted octanol–water partition coefficient (Wildman–Crippen LogP) is 6.47. The monoisotopic (exact) mass is 653 g/mol. The van der Waals surface area contributed by atoms with Gasteiger partial charge in [0.05, 0.1) is 17.3 Å². The van der Waals surface area contributed by atoms with Crippen LogP contribution in [0.2, 0.25) is 0 Å². The van der Waals surface area contributed by atoms with Crippen molar-refractivity contribution < 1.29 is 37.7 Å². The van der Waals surface area contributed by atoms with Crippen molar-refractivity contribution in [1.82, 2.24) is 15.0 Å². The second-order valence-corrected chi connectivity index (χ2v) is 12.6. The molecule has 4 N–H and O–H groups in total. The summed E-state index contributed by atoms with van der Waals surface area (Å²) in [5.41, 5.74) is 7.21. The molecule has 13 heteroatoms. The second kappa shape index (κ2) is 15.1. The van der Waals surface area contributed by atoms with Gasteiger partial charge in [-0.2, -0.15) is 0 Å². The predicted molar refractivity (Wildman–Crippen MR) is 168 cm³/mol. The third kappa shape index (κ3) is 8.98. The molecule has 0 aliphatic heterocycles. The molecule has 0 radical (unpaired) electrons. The minimum Gasteiger partial charge on any atom is -0.431 e. The lowest BCUT2D eigenvalue weighted by molar-refractivity contribution is -0.161. The van der Waals surface area contributed by atoms with Crippen LogP contribution in [0.15, 0.2) is 48.8 Å². The highest BCUT2D eigenvalue weighted by molar-refractivity contribution is 5.72. The standard InChI is InChI=1S/C34H41F2N5O6/c1-20-15-27(40-30(16-20)41-29-17-22(31(35)36)13-14-38-29)23-5-12-28(39-18-23)34(2,44)24-6-3-21(4-7-24)32(42)45-19-46-33(43)47-26-10-8-25(37)9-11-26/h5,12-18,21,24-26,31,44H,3-4,6-11,19,37H2,1-2H3,(H,38,40,41)/t21?,24?,25?,26?,34-/m1/s1. The molecule has 252 valence electrons. The summed E-state index contributed by atoms with van der Waals surface area (Å²) in [7, 11) is 0. The number of halogens is 2. The molecular weight excluding hydrogens is 612 g/mol. The molecular formula is C34H41F2N5O6. The number of rotatable bonds is 10. The Bertz CT molecular complexity index is 1520. The molecule has 5 rings (SSSR count). The third-order valence-corrected chi connectivity index (χ3v) is 9.05. The summed E-state index contributed by atoms with van der Waals surface area (Å²) >= 11 is 0. The third-order valence-electron chi connectivity index (χ3n) is 9.05. The topological polar surface area (TPSA) is 159 Å². The number of esters is 1. The van der Waals surface area contributed by atoms with E-state index in [9.17, 15) is 23.5 Å². The number of nitrogens with zero attached hydrogens (tertiary/aromatic N) is 3. The van der Waals surface area contributed by atoms with Crippen LogP contribution in [0.25, 0.3) is 11.3 Å². The van der Waals surface area contributed by atoms with Gasteiger partial charge in [-0.25, -0.2) is 23.5 Å². The van der Waals surface area contributed by atoms with E-state index < -0.39 is 30.9 Å². The van der Waals surface area contributed by atoms with E-state index in [4.69, 9.17) is 19.9 Å². The Labute approximate surface area is 272 Å². The number of carbonyl (C=O) groups excluding carboxylic acids is 2. The molecule has 3 aromatic rings. The maximum atomic E-state index is 13.1. The van der Waals surface area contributed by atoms with Crippen LogP contribution in [0, 0.1) is 18.8 Å². The van der Waals surface area contributed by atoms with Crippen molar-refractivity contribution in [2.24, 2.45) is 17.6 Å². The number of aromatic nitrogens is 3. The minimum atomic E-state index is -2.61. The van der Waals surface area contributed by atoms with Gasteiger partial charge in [-0.3, -0.25) is 9.78 Å². The molecule has 0 amide bonds. The molecule has 2 aliphatic rings. The number of hydrogen-bond donors (Lipinski definition) is 3. The molecule has 11 nitrogen and oxygen atoms in total. The van der Waals surface area contributed by atoms with Crippen molar-refractivity contribution >= 4 is 23.8 Å². The lowest BCUT2D eigenvalue weighted by Crippen LogP contribution is -2.37. The lowest BCUT2D eigenvalue weighted by atomic mass is 9.73. The van der Waals surface area contributed by atoms with Crippen LogP contribution >= 0.6 is 0 Å². The van der Waals surface area contributed by atoms with Crippen molar-refractivity contribution in [2.75, 3.05) is 12.1 Å². The number of hydrogen-bond acceptors (Lipinski definition) is 11. The van der Waals surface area contributed by atoms with Gasteiger partial charge in [0.2, 0.25) is 6.79 Å². The normalized spacial score (nSPS) is 22.6. The Morgan fingerprint density at radius 2 is 1.74 bits per heavy atom. The molecule has 47 heavy (non-hydrogen) atoms. The van der Waals surface area contributed by atoms with Gasteiger partial charge in [-0.1, -0.05) is 0 Å². The Morgan fingerprint density at radius 1 is 1.00 bits per heavy atom. The van der Waals surface area contributed by atoms with Gasteiger partial charge in [0.15, 0.2) is 0 Å². The van der Waals surface area contributed by atoms with Gasteiger partial charge in [0, 0.05) is 29.6 Å². The maximum Gasteiger partial charge on any atom is 0.511 e. The Balaban J connectivity index is 1.12. The van der Waals surface area contributed by atoms with E-state index >= 15 is 0 Å². The van der Waals surface area contributed by atoms with Crippen LogP contribution in [0.1, 0.15) is 81.5 Å². The van der Waals surface area contributed by atoms with Gasteiger partial charge < -0.3 is 30.4 Å². The van der Waals surface area contributed by atoms with Gasteiger partial charge in [-0.05, 0) is 113 Å². The van der Waals surface area contributed by atoms with Crippen molar-refractivity contribution in [1.29, 1.82) is 0 Å². The van der Waals surface area contributed by atoms with Gasteiger partial charge >= 0.3 is 12.1 Å². The van der Waals surface area contributed by atoms with E-state index in [0.29, 0.717) is 61.3 Å². The smallest absolute Gasteiger partial charge is 0.431 e. The van der Waals surface area contributed by atoms with Crippen LogP contribution in [-0.2, 0) is 24.6 Å². The summed E-state index contributed by atoms with van der Waals surface area (Å²) in [5, 5.41) is 14.5. The largest absolute Gasteiger partial charge is 0.511 e. The number of aryl methyl sites for hydroxylation is 1. The fourth-order valence-corrected chi connectivity index (χ4v) is 6.24. The van der Waals surface area contributed by atoms with Crippen LogP contribution in [0.5, 0.6) is 0 Å². The molecule has 2 saturated carbocycles. The Kier molecular flexibility index (Phi) is 11.0. The summed E-state index contributed by atoms with van der Waals surface area (Å²) in [4.78, 5) is 37.8. The summed E-state index contributed by atoms with van der Waals surface area (Å²) in [6, 6.07) is 9.94. The van der Waals surface area contributed by atoms with Crippen molar-refractivity contribution in [3.05, 3.63) is 65.6 Å². The first-order valence-corrected chi connectivity index (χ1v) is 15.9. The number of alkyl halides is 2. The highest BCUT2D eigenvalue weighted by atomic mass is 19.3. The second-order valence-electron chi connectivity index (χ2n) is 12.6. The fraction of sp³-hybridized carbons (Fsp3) is 0.500. The summed E-state index contributed by atoms with van der Waals surface area (Å²) < 4.78 is 41.6. The van der Waals surface area contributed by atoms with E-state index in [1.54, 1.807) is 25.3 Å². The van der Waals surface area contributed by atoms with Gasteiger partial charge in [0.1, 0.15) is 23.3 Å². The first-order chi connectivity index (χ1) is 22.5. The Morgan fingerprint density at radius 3 is 2.43 bits per heavy atom. The number of anilines is 2. The molecule has 0 aromatic carbocycles. The van der Waals surface area contributed by atoms with Crippen LogP contribution in [0.3, 0.4) is 0 Å².